The molecule has 4 rings (SSSR count). The van der Waals surface area contributed by atoms with Crippen molar-refractivity contribution in [1.82, 2.24) is 9.97 Å². The Kier molecular flexibility index (Phi) is 4.30. The molecule has 2 heterocycles. The first-order valence-electron chi connectivity index (χ1n) is 9.17. The molecule has 2 aromatic carbocycles. The minimum Gasteiger partial charge on any atom is -0.481 e. The average molecular weight is 377 g/mol. The Hall–Kier alpha value is -3.35. The van der Waals surface area contributed by atoms with Crippen LogP contribution >= 0.6 is 0 Å². The summed E-state index contributed by atoms with van der Waals surface area (Å²) in [6.45, 7) is 5.98. The van der Waals surface area contributed by atoms with Gasteiger partial charge in [-0.3, -0.25) is 4.79 Å². The molecule has 0 fully saturated rings. The summed E-state index contributed by atoms with van der Waals surface area (Å²) in [6, 6.07) is 9.77. The largest absolute Gasteiger partial charge is 0.481 e. The van der Waals surface area contributed by atoms with Gasteiger partial charge in [0.2, 0.25) is 0 Å². The number of carbonyl (C=O) groups excluding carboxylic acids is 1. The Bertz CT molecular complexity index is 1080. The number of nitrogen functional groups attached to an aromatic ring is 1. The van der Waals surface area contributed by atoms with Gasteiger partial charge in [-0.15, -0.1) is 0 Å². The van der Waals surface area contributed by atoms with Crippen molar-refractivity contribution in [2.24, 2.45) is 0 Å². The summed E-state index contributed by atoms with van der Waals surface area (Å²) in [4.78, 5) is 22.8. The number of likely N-dealkylation sites (N-methyl/N-ethyl adjacent to an activating group) is 1. The third-order valence-corrected chi connectivity index (χ3v) is 4.95. The predicted octanol–water partition coefficient (Wildman–Crippen LogP) is 3.36. The van der Waals surface area contributed by atoms with Crippen LogP contribution in [0.2, 0.25) is 0 Å². The van der Waals surface area contributed by atoms with Crippen LogP contribution in [0.25, 0.3) is 10.9 Å². The number of rotatable bonds is 3. The molecule has 7 heteroatoms. The van der Waals surface area contributed by atoms with E-state index >= 15 is 0 Å². The summed E-state index contributed by atoms with van der Waals surface area (Å²) in [5.74, 6) is 1.94. The molecule has 3 N–H and O–H groups in total. The average Bonchev–Trinajstić information content (AvgIpc) is 2.63. The number of nitrogens with zero attached hydrogens (tertiary/aromatic N) is 3. The highest BCUT2D eigenvalue weighted by Gasteiger charge is 2.24. The third-order valence-electron chi connectivity index (χ3n) is 4.95. The highest BCUT2D eigenvalue weighted by Crippen LogP contribution is 2.37. The number of benzene rings is 2. The van der Waals surface area contributed by atoms with Crippen LogP contribution in [0.15, 0.2) is 30.3 Å². The SMILES string of the molecule is Cc1cc(N)cc([C@@H](C)Nc2nc(C)nc3cc4c(cc23)N(C)C(=O)CO4)c1. The third kappa shape index (κ3) is 3.19. The zero-order valence-corrected chi connectivity index (χ0v) is 16.4. The fourth-order valence-corrected chi connectivity index (χ4v) is 3.50. The maximum absolute atomic E-state index is 12.0. The normalized spacial score (nSPS) is 14.6. The van der Waals surface area contributed by atoms with Crippen LogP contribution in [0.3, 0.4) is 0 Å². The van der Waals surface area contributed by atoms with E-state index in [2.05, 4.69) is 28.3 Å². The van der Waals surface area contributed by atoms with Gasteiger partial charge < -0.3 is 20.7 Å². The number of fused-ring (bicyclic) bond motifs is 2. The molecular formula is C21H23N5O2. The molecule has 0 unspecified atom stereocenters. The monoisotopic (exact) mass is 377 g/mol. The maximum Gasteiger partial charge on any atom is 0.264 e. The van der Waals surface area contributed by atoms with Gasteiger partial charge in [0.15, 0.2) is 6.61 Å². The Morgan fingerprint density at radius 2 is 1.96 bits per heavy atom. The predicted molar refractivity (Wildman–Crippen MR) is 111 cm³/mol. The quantitative estimate of drug-likeness (QED) is 0.680. The zero-order valence-electron chi connectivity index (χ0n) is 16.4. The van der Waals surface area contributed by atoms with Gasteiger partial charge in [-0.05, 0) is 50.1 Å². The zero-order chi connectivity index (χ0) is 20.0. The first-order valence-corrected chi connectivity index (χ1v) is 9.17. The molecule has 0 radical (unpaired) electrons. The summed E-state index contributed by atoms with van der Waals surface area (Å²) in [6.07, 6.45) is 0. The number of nitrogens with one attached hydrogen (secondary N) is 1. The van der Waals surface area contributed by atoms with E-state index in [1.807, 2.05) is 38.1 Å². The van der Waals surface area contributed by atoms with Crippen molar-refractivity contribution in [3.63, 3.8) is 0 Å². The number of anilines is 3. The standard InChI is InChI=1S/C21H23N5O2/c1-11-5-14(7-15(22)6-11)12(2)23-21-16-8-18-19(28-10-20(27)26(18)4)9-17(16)24-13(3)25-21/h5-9,12H,10,22H2,1-4H3,(H,23,24,25)/t12-/m1/s1. The van der Waals surface area contributed by atoms with Gasteiger partial charge in [0.1, 0.15) is 17.4 Å². The second kappa shape index (κ2) is 6.67. The number of aryl methyl sites for hydroxylation is 2. The van der Waals surface area contributed by atoms with Crippen molar-refractivity contribution in [2.75, 3.05) is 29.6 Å². The minimum atomic E-state index is -0.0852. The fraction of sp³-hybridized carbons (Fsp3) is 0.286. The lowest BCUT2D eigenvalue weighted by atomic mass is 10.0. The van der Waals surface area contributed by atoms with E-state index in [9.17, 15) is 4.79 Å². The lowest BCUT2D eigenvalue weighted by Crippen LogP contribution is -2.35. The van der Waals surface area contributed by atoms with E-state index in [0.717, 1.165) is 27.7 Å². The molecule has 1 aliphatic heterocycles. The number of hydrogen-bond acceptors (Lipinski definition) is 6. The van der Waals surface area contributed by atoms with Gasteiger partial charge in [0, 0.05) is 24.2 Å². The Balaban J connectivity index is 1.79. The molecule has 7 nitrogen and oxygen atoms in total. The van der Waals surface area contributed by atoms with Crippen LogP contribution in [0, 0.1) is 13.8 Å². The summed E-state index contributed by atoms with van der Waals surface area (Å²) >= 11 is 0. The van der Waals surface area contributed by atoms with Gasteiger partial charge in [-0.25, -0.2) is 9.97 Å². The van der Waals surface area contributed by atoms with Crippen molar-refractivity contribution >= 4 is 34.0 Å². The van der Waals surface area contributed by atoms with Gasteiger partial charge in [0.25, 0.3) is 5.91 Å². The van der Waals surface area contributed by atoms with E-state index < -0.39 is 0 Å². The molecule has 3 aromatic rings. The van der Waals surface area contributed by atoms with E-state index in [4.69, 9.17) is 10.5 Å². The summed E-state index contributed by atoms with van der Waals surface area (Å²) in [5, 5.41) is 4.31. The van der Waals surface area contributed by atoms with Crippen LogP contribution in [0.5, 0.6) is 5.75 Å². The number of nitrogens with two attached hydrogens (primary N) is 1. The number of aromatic nitrogens is 2. The van der Waals surface area contributed by atoms with Crippen molar-refractivity contribution in [3.05, 3.63) is 47.3 Å². The van der Waals surface area contributed by atoms with Crippen molar-refractivity contribution < 1.29 is 9.53 Å². The summed E-state index contributed by atoms with van der Waals surface area (Å²) in [5.41, 5.74) is 10.4. The first-order chi connectivity index (χ1) is 13.3. The van der Waals surface area contributed by atoms with Crippen LogP contribution in [0.4, 0.5) is 17.2 Å². The van der Waals surface area contributed by atoms with E-state index in [1.165, 1.54) is 0 Å². The topological polar surface area (TPSA) is 93.4 Å². The molecule has 0 aliphatic carbocycles. The molecule has 0 saturated carbocycles. The molecule has 1 atom stereocenters. The molecule has 0 bridgehead atoms. The van der Waals surface area contributed by atoms with Crippen LogP contribution in [0.1, 0.15) is 29.9 Å². The van der Waals surface area contributed by atoms with Gasteiger partial charge in [-0.1, -0.05) is 6.07 Å². The van der Waals surface area contributed by atoms with Crippen LogP contribution < -0.4 is 20.7 Å². The van der Waals surface area contributed by atoms with Gasteiger partial charge in [0.05, 0.1) is 17.2 Å². The molecule has 1 aromatic heterocycles. The van der Waals surface area contributed by atoms with Crippen molar-refractivity contribution in [3.8, 4) is 5.75 Å². The molecule has 144 valence electrons. The highest BCUT2D eigenvalue weighted by molar-refractivity contribution is 6.02. The van der Waals surface area contributed by atoms with Crippen molar-refractivity contribution in [2.45, 2.75) is 26.8 Å². The van der Waals surface area contributed by atoms with E-state index in [1.54, 1.807) is 11.9 Å². The second-order valence-electron chi connectivity index (χ2n) is 7.24. The smallest absolute Gasteiger partial charge is 0.264 e. The number of ether oxygens (including phenoxy) is 1. The number of amides is 1. The molecule has 0 saturated heterocycles. The Labute approximate surface area is 163 Å². The highest BCUT2D eigenvalue weighted by atomic mass is 16.5. The van der Waals surface area contributed by atoms with E-state index in [-0.39, 0.29) is 18.6 Å². The van der Waals surface area contributed by atoms with Gasteiger partial charge in [-0.2, -0.15) is 0 Å². The Morgan fingerprint density at radius 3 is 2.71 bits per heavy atom. The molecule has 1 aliphatic rings. The first kappa shape index (κ1) is 18.0. The molecular weight excluding hydrogens is 354 g/mol. The number of hydrogen-bond donors (Lipinski definition) is 2. The minimum absolute atomic E-state index is 0.00801. The summed E-state index contributed by atoms with van der Waals surface area (Å²) in [7, 11) is 1.75. The van der Waals surface area contributed by atoms with Crippen molar-refractivity contribution in [1.29, 1.82) is 0 Å². The fourth-order valence-electron chi connectivity index (χ4n) is 3.50. The molecule has 1 amide bonds. The van der Waals surface area contributed by atoms with E-state index in [0.29, 0.717) is 23.1 Å². The summed E-state index contributed by atoms with van der Waals surface area (Å²) < 4.78 is 5.58. The van der Waals surface area contributed by atoms with Gasteiger partial charge >= 0.3 is 0 Å². The number of carbonyl (C=O) groups is 1. The molecule has 28 heavy (non-hydrogen) atoms. The maximum atomic E-state index is 12.0. The lowest BCUT2D eigenvalue weighted by molar-refractivity contribution is -0.120. The van der Waals surface area contributed by atoms with Crippen LogP contribution in [-0.4, -0.2) is 29.5 Å². The lowest BCUT2D eigenvalue weighted by Gasteiger charge is -2.26. The molecule has 0 spiro atoms. The Morgan fingerprint density at radius 1 is 1.18 bits per heavy atom. The second-order valence-corrected chi connectivity index (χ2v) is 7.24. The van der Waals surface area contributed by atoms with Crippen LogP contribution in [-0.2, 0) is 4.79 Å².